The molecule has 0 aromatic rings. The molecule has 2 nitrogen and oxygen atoms in total. The smallest absolute Gasteiger partial charge is 0.312 e. The van der Waals surface area contributed by atoms with Gasteiger partial charge in [0.25, 0.3) is 0 Å². The van der Waals surface area contributed by atoms with Gasteiger partial charge in [-0.1, -0.05) is 0 Å². The van der Waals surface area contributed by atoms with E-state index >= 15 is 0 Å². The zero-order valence-electron chi connectivity index (χ0n) is 13.3. The van der Waals surface area contributed by atoms with Crippen LogP contribution in [0.3, 0.4) is 0 Å². The van der Waals surface area contributed by atoms with Crippen molar-refractivity contribution in [2.24, 2.45) is 0 Å². The first kappa shape index (κ1) is 16.9. The highest BCUT2D eigenvalue weighted by Gasteiger charge is 2.69. The molecule has 17 heavy (non-hydrogen) atoms. The second-order valence-corrected chi connectivity index (χ2v) is 13.1. The van der Waals surface area contributed by atoms with E-state index in [1.165, 1.54) is 6.92 Å². The highest BCUT2D eigenvalue weighted by molar-refractivity contribution is 7.76. The van der Waals surface area contributed by atoms with Crippen LogP contribution in [0.1, 0.15) is 69.2 Å². The predicted molar refractivity (Wildman–Crippen MR) is 77.9 cm³/mol. The van der Waals surface area contributed by atoms with Gasteiger partial charge >= 0.3 is 5.97 Å². The SMILES string of the molecule is CC(=O)O[P+](C(C)(C)C)(C(C)(C)C)C(C)(C)C. The average Bonchev–Trinajstić information content (AvgIpc) is 1.91. The van der Waals surface area contributed by atoms with E-state index in [2.05, 4.69) is 62.3 Å². The molecule has 0 saturated heterocycles. The Bertz CT molecular complexity index is 251. The number of carbonyl (C=O) groups excluding carboxylic acids is 1. The van der Waals surface area contributed by atoms with Crippen LogP contribution in [0.5, 0.6) is 0 Å². The van der Waals surface area contributed by atoms with Gasteiger partial charge in [-0.2, -0.15) is 0 Å². The summed E-state index contributed by atoms with van der Waals surface area (Å²) in [6, 6.07) is 0. The second kappa shape index (κ2) is 4.53. The molecule has 3 heteroatoms. The molecule has 0 aromatic carbocycles. The summed E-state index contributed by atoms with van der Waals surface area (Å²) in [6.07, 6.45) is 0. The highest BCUT2D eigenvalue weighted by Crippen LogP contribution is 2.83. The molecule has 0 unspecified atom stereocenters. The van der Waals surface area contributed by atoms with Gasteiger partial charge in [0.15, 0.2) is 0 Å². The van der Waals surface area contributed by atoms with Gasteiger partial charge < -0.3 is 4.52 Å². The maximum Gasteiger partial charge on any atom is 0.346 e. The fraction of sp³-hybridized carbons (Fsp3) is 0.929. The van der Waals surface area contributed by atoms with Crippen molar-refractivity contribution in [2.45, 2.75) is 84.7 Å². The predicted octanol–water partition coefficient (Wildman–Crippen LogP) is 4.88. The molecular weight excluding hydrogens is 231 g/mol. The quantitative estimate of drug-likeness (QED) is 0.629. The topological polar surface area (TPSA) is 26.3 Å². The molecule has 0 aliphatic rings. The van der Waals surface area contributed by atoms with E-state index in [0.717, 1.165) is 0 Å². The number of carbonyl (C=O) groups is 1. The molecule has 0 spiro atoms. The summed E-state index contributed by atoms with van der Waals surface area (Å²) in [7, 11) is -1.95. The van der Waals surface area contributed by atoms with Gasteiger partial charge in [0.2, 0.25) is 7.49 Å². The van der Waals surface area contributed by atoms with Crippen LogP contribution in [0.15, 0.2) is 0 Å². The van der Waals surface area contributed by atoms with Crippen LogP contribution >= 0.6 is 7.49 Å². The van der Waals surface area contributed by atoms with Crippen molar-refractivity contribution in [3.05, 3.63) is 0 Å². The molecule has 102 valence electrons. The Morgan fingerprint density at radius 3 is 1.06 bits per heavy atom. The van der Waals surface area contributed by atoms with E-state index in [4.69, 9.17) is 4.52 Å². The Morgan fingerprint density at radius 2 is 1.00 bits per heavy atom. The Balaban J connectivity index is 6.02. The van der Waals surface area contributed by atoms with Crippen molar-refractivity contribution in [1.82, 2.24) is 0 Å². The van der Waals surface area contributed by atoms with Crippen molar-refractivity contribution < 1.29 is 9.32 Å². The van der Waals surface area contributed by atoms with Crippen molar-refractivity contribution in [2.75, 3.05) is 0 Å². The number of hydrogen-bond acceptors (Lipinski definition) is 2. The lowest BCUT2D eigenvalue weighted by molar-refractivity contribution is -0.132. The lowest BCUT2D eigenvalue weighted by atomic mass is 10.2. The van der Waals surface area contributed by atoms with Crippen LogP contribution in [0.25, 0.3) is 0 Å². The fourth-order valence-corrected chi connectivity index (χ4v) is 10.9. The normalized spacial score (nSPS) is 14.7. The van der Waals surface area contributed by atoms with Gasteiger partial charge in [-0.25, -0.2) is 4.79 Å². The maximum atomic E-state index is 11.6. The lowest BCUT2D eigenvalue weighted by Gasteiger charge is -2.50. The molecule has 0 aliphatic carbocycles. The van der Waals surface area contributed by atoms with Gasteiger partial charge in [0.1, 0.15) is 15.5 Å². The molecule has 0 saturated carbocycles. The van der Waals surface area contributed by atoms with E-state index in [0.29, 0.717) is 0 Å². The van der Waals surface area contributed by atoms with Crippen LogP contribution in [0.4, 0.5) is 0 Å². The second-order valence-electron chi connectivity index (χ2n) is 7.70. The molecule has 0 radical (unpaired) electrons. The monoisotopic (exact) mass is 261 g/mol. The zero-order valence-corrected chi connectivity index (χ0v) is 14.2. The Kier molecular flexibility index (Phi) is 4.51. The zero-order chi connectivity index (χ0) is 14.3. The third kappa shape index (κ3) is 3.02. The van der Waals surface area contributed by atoms with Crippen LogP contribution in [-0.2, 0) is 9.32 Å². The molecule has 0 rings (SSSR count). The van der Waals surface area contributed by atoms with E-state index in [1.54, 1.807) is 0 Å². The lowest BCUT2D eigenvalue weighted by Crippen LogP contribution is -2.45. The summed E-state index contributed by atoms with van der Waals surface area (Å²) in [5.74, 6) is -0.155. The minimum Gasteiger partial charge on any atom is -0.312 e. The highest BCUT2D eigenvalue weighted by atomic mass is 31.2. The molecule has 0 atom stereocenters. The van der Waals surface area contributed by atoms with Crippen molar-refractivity contribution in [1.29, 1.82) is 0 Å². The van der Waals surface area contributed by atoms with E-state index < -0.39 is 7.49 Å². The first-order valence-corrected chi connectivity index (χ1v) is 7.97. The summed E-state index contributed by atoms with van der Waals surface area (Å²) in [4.78, 5) is 11.6. The van der Waals surface area contributed by atoms with Gasteiger partial charge in [-0.05, 0) is 62.3 Å². The van der Waals surface area contributed by atoms with Gasteiger partial charge in [-0.3, -0.25) is 0 Å². The van der Waals surface area contributed by atoms with E-state index in [1.807, 2.05) is 0 Å². The first-order chi connectivity index (χ1) is 7.17. The summed E-state index contributed by atoms with van der Waals surface area (Å²) in [5.41, 5.74) is 0. The standard InChI is InChI=1S/C14H30O2P/c1-11(15)16-17(12(2,3)4,13(5,6)7)14(8,9)10/h1-10H3/q+1. The van der Waals surface area contributed by atoms with Crippen molar-refractivity contribution in [3.63, 3.8) is 0 Å². The maximum absolute atomic E-state index is 11.6. The van der Waals surface area contributed by atoms with Crippen LogP contribution < -0.4 is 0 Å². The summed E-state index contributed by atoms with van der Waals surface area (Å²) in [6.45, 7) is 21.3. The molecule has 0 bridgehead atoms. The number of rotatable bonds is 1. The fourth-order valence-electron chi connectivity index (χ4n) is 3.62. The molecule has 0 aliphatic heterocycles. The molecule has 0 fully saturated rings. The van der Waals surface area contributed by atoms with Crippen LogP contribution in [-0.4, -0.2) is 21.4 Å². The summed E-state index contributed by atoms with van der Waals surface area (Å²) in [5, 5.41) is -0.0560. The molecule has 0 amide bonds. The van der Waals surface area contributed by atoms with Crippen LogP contribution in [0, 0.1) is 0 Å². The third-order valence-corrected chi connectivity index (χ3v) is 9.30. The largest absolute Gasteiger partial charge is 0.346 e. The minimum absolute atomic E-state index is 0.0187. The minimum atomic E-state index is -1.95. The van der Waals surface area contributed by atoms with Crippen molar-refractivity contribution >= 4 is 13.5 Å². The van der Waals surface area contributed by atoms with Crippen LogP contribution in [0.2, 0.25) is 0 Å². The molecule has 0 aromatic heterocycles. The third-order valence-electron chi connectivity index (χ3n) is 3.10. The Hall–Kier alpha value is -0.100. The van der Waals surface area contributed by atoms with E-state index in [-0.39, 0.29) is 21.4 Å². The van der Waals surface area contributed by atoms with Crippen molar-refractivity contribution in [3.8, 4) is 0 Å². The first-order valence-electron chi connectivity index (χ1n) is 6.26. The average molecular weight is 261 g/mol. The molecule has 0 heterocycles. The Labute approximate surface area is 108 Å². The molecular formula is C14H30O2P+. The van der Waals surface area contributed by atoms with E-state index in [9.17, 15) is 4.79 Å². The summed E-state index contributed by atoms with van der Waals surface area (Å²) >= 11 is 0. The summed E-state index contributed by atoms with van der Waals surface area (Å²) < 4.78 is 6.00. The van der Waals surface area contributed by atoms with Gasteiger partial charge in [0.05, 0.1) is 0 Å². The Morgan fingerprint density at radius 1 is 0.765 bits per heavy atom. The molecule has 0 N–H and O–H groups in total. The number of hydrogen-bond donors (Lipinski definition) is 0. The van der Waals surface area contributed by atoms with Gasteiger partial charge in [-0.15, -0.1) is 0 Å². The van der Waals surface area contributed by atoms with Gasteiger partial charge in [0, 0.05) is 6.92 Å².